The van der Waals surface area contributed by atoms with E-state index in [0.29, 0.717) is 35.0 Å². The number of methoxy groups -OCH3 is 1. The first-order valence-corrected chi connectivity index (χ1v) is 12.6. The zero-order valence-corrected chi connectivity index (χ0v) is 22.0. The standard InChI is InChI=1S/C31H30N2O6/c1-4-17-37-26-13-11-24(12-14-26)31(35)39-28-16-9-22(18-29(28)36-3)20-32-33-30(34)21(2)38-27-15-10-23-7-5-6-8-25(23)19-27/h5-16,18-21H,4,17H2,1-3H3,(H,33,34)/b32-20+. The Balaban J connectivity index is 1.33. The minimum absolute atomic E-state index is 0.257. The van der Waals surface area contributed by atoms with E-state index in [1.807, 2.05) is 49.4 Å². The quantitative estimate of drug-likeness (QED) is 0.115. The number of nitrogens with zero attached hydrogens (tertiary/aromatic N) is 1. The summed E-state index contributed by atoms with van der Waals surface area (Å²) in [6, 6.07) is 25.3. The van der Waals surface area contributed by atoms with E-state index >= 15 is 0 Å². The summed E-state index contributed by atoms with van der Waals surface area (Å²) in [5, 5.41) is 6.14. The van der Waals surface area contributed by atoms with Gasteiger partial charge in [-0.2, -0.15) is 5.10 Å². The fourth-order valence-electron chi connectivity index (χ4n) is 3.67. The van der Waals surface area contributed by atoms with E-state index in [4.69, 9.17) is 18.9 Å². The second kappa shape index (κ2) is 13.1. The van der Waals surface area contributed by atoms with Crippen LogP contribution < -0.4 is 24.4 Å². The first kappa shape index (κ1) is 27.2. The monoisotopic (exact) mass is 526 g/mol. The smallest absolute Gasteiger partial charge is 0.343 e. The first-order chi connectivity index (χ1) is 19.0. The van der Waals surface area contributed by atoms with E-state index in [1.54, 1.807) is 49.4 Å². The number of carbonyl (C=O) groups excluding carboxylic acids is 2. The molecule has 39 heavy (non-hydrogen) atoms. The number of nitrogens with one attached hydrogen (secondary N) is 1. The highest BCUT2D eigenvalue weighted by atomic mass is 16.6. The van der Waals surface area contributed by atoms with E-state index in [9.17, 15) is 9.59 Å². The Kier molecular flexibility index (Phi) is 9.13. The third-order valence-electron chi connectivity index (χ3n) is 5.74. The van der Waals surface area contributed by atoms with Gasteiger partial charge in [-0.15, -0.1) is 0 Å². The SMILES string of the molecule is CCCOc1ccc(C(=O)Oc2ccc(/C=N/NC(=O)C(C)Oc3ccc4ccccc4c3)cc2OC)cc1. The van der Waals surface area contributed by atoms with E-state index in [2.05, 4.69) is 10.5 Å². The Labute approximate surface area is 227 Å². The predicted octanol–water partition coefficient (Wildman–Crippen LogP) is 5.77. The molecule has 4 aromatic rings. The molecule has 0 aromatic heterocycles. The van der Waals surface area contributed by atoms with Gasteiger partial charge in [0, 0.05) is 0 Å². The number of fused-ring (bicyclic) bond motifs is 1. The van der Waals surface area contributed by atoms with Crippen molar-refractivity contribution in [3.63, 3.8) is 0 Å². The molecule has 0 aliphatic carbocycles. The van der Waals surface area contributed by atoms with Crippen LogP contribution in [0, 0.1) is 0 Å². The highest BCUT2D eigenvalue weighted by molar-refractivity contribution is 5.92. The van der Waals surface area contributed by atoms with Crippen molar-refractivity contribution >= 4 is 28.9 Å². The third-order valence-corrected chi connectivity index (χ3v) is 5.74. The van der Waals surface area contributed by atoms with Gasteiger partial charge in [-0.05, 0) is 84.3 Å². The van der Waals surface area contributed by atoms with Gasteiger partial charge in [0.15, 0.2) is 17.6 Å². The number of hydrogen-bond donors (Lipinski definition) is 1. The average molecular weight is 527 g/mol. The molecule has 1 N–H and O–H groups in total. The zero-order valence-electron chi connectivity index (χ0n) is 22.0. The van der Waals surface area contributed by atoms with Crippen LogP contribution in [0.25, 0.3) is 10.8 Å². The molecule has 1 atom stereocenters. The molecule has 8 heteroatoms. The van der Waals surface area contributed by atoms with Gasteiger partial charge in [0.1, 0.15) is 11.5 Å². The van der Waals surface area contributed by atoms with Crippen LogP contribution in [0.5, 0.6) is 23.0 Å². The molecule has 0 heterocycles. The van der Waals surface area contributed by atoms with Crippen molar-refractivity contribution in [3.05, 3.63) is 96.1 Å². The van der Waals surface area contributed by atoms with Gasteiger partial charge < -0.3 is 18.9 Å². The van der Waals surface area contributed by atoms with Gasteiger partial charge >= 0.3 is 5.97 Å². The Morgan fingerprint density at radius 3 is 2.38 bits per heavy atom. The van der Waals surface area contributed by atoms with Gasteiger partial charge in [0.2, 0.25) is 0 Å². The van der Waals surface area contributed by atoms with Crippen molar-refractivity contribution in [2.45, 2.75) is 26.4 Å². The lowest BCUT2D eigenvalue weighted by atomic mass is 10.1. The predicted molar refractivity (Wildman–Crippen MR) is 150 cm³/mol. The fourth-order valence-corrected chi connectivity index (χ4v) is 3.67. The van der Waals surface area contributed by atoms with E-state index < -0.39 is 18.0 Å². The van der Waals surface area contributed by atoms with Crippen LogP contribution in [0.2, 0.25) is 0 Å². The van der Waals surface area contributed by atoms with Gasteiger partial charge in [0.25, 0.3) is 5.91 Å². The number of rotatable bonds is 11. The van der Waals surface area contributed by atoms with E-state index in [0.717, 1.165) is 17.2 Å². The largest absolute Gasteiger partial charge is 0.494 e. The number of benzene rings is 4. The number of hydrogen-bond acceptors (Lipinski definition) is 7. The van der Waals surface area contributed by atoms with Crippen LogP contribution in [0.1, 0.15) is 36.2 Å². The summed E-state index contributed by atoms with van der Waals surface area (Å²) >= 11 is 0. The summed E-state index contributed by atoms with van der Waals surface area (Å²) in [7, 11) is 1.47. The normalized spacial score (nSPS) is 11.7. The van der Waals surface area contributed by atoms with Gasteiger partial charge in [0.05, 0.1) is 25.5 Å². The van der Waals surface area contributed by atoms with Gasteiger partial charge in [-0.25, -0.2) is 10.2 Å². The highest BCUT2D eigenvalue weighted by Crippen LogP contribution is 2.28. The number of carbonyl (C=O) groups is 2. The van der Waals surface area contributed by atoms with Crippen LogP contribution in [0.3, 0.4) is 0 Å². The lowest BCUT2D eigenvalue weighted by Gasteiger charge is -2.13. The third kappa shape index (κ3) is 7.35. The summed E-state index contributed by atoms with van der Waals surface area (Å²) < 4.78 is 22.2. The Bertz CT molecular complexity index is 1470. The van der Waals surface area contributed by atoms with Crippen LogP contribution >= 0.6 is 0 Å². The van der Waals surface area contributed by atoms with E-state index in [-0.39, 0.29) is 5.75 Å². The average Bonchev–Trinajstić information content (AvgIpc) is 2.96. The number of amides is 1. The maximum atomic E-state index is 12.6. The van der Waals surface area contributed by atoms with Crippen LogP contribution in [0.15, 0.2) is 90.0 Å². The van der Waals surface area contributed by atoms with Gasteiger partial charge in [-0.3, -0.25) is 4.79 Å². The molecule has 8 nitrogen and oxygen atoms in total. The van der Waals surface area contributed by atoms with Crippen molar-refractivity contribution in [1.82, 2.24) is 5.43 Å². The molecule has 0 saturated carbocycles. The van der Waals surface area contributed by atoms with Gasteiger partial charge in [-0.1, -0.05) is 37.3 Å². The summed E-state index contributed by atoms with van der Waals surface area (Å²) in [4.78, 5) is 25.1. The summed E-state index contributed by atoms with van der Waals surface area (Å²) in [5.41, 5.74) is 3.50. The molecule has 0 aliphatic rings. The Hall–Kier alpha value is -4.85. The van der Waals surface area contributed by atoms with Crippen molar-refractivity contribution in [3.8, 4) is 23.0 Å². The fraction of sp³-hybridized carbons (Fsp3) is 0.194. The summed E-state index contributed by atoms with van der Waals surface area (Å²) in [5.74, 6) is 0.960. The maximum absolute atomic E-state index is 12.6. The minimum atomic E-state index is -0.757. The highest BCUT2D eigenvalue weighted by Gasteiger charge is 2.15. The summed E-state index contributed by atoms with van der Waals surface area (Å²) in [6.07, 6.45) is 1.60. The summed E-state index contributed by atoms with van der Waals surface area (Å²) in [6.45, 7) is 4.28. The molecule has 0 fully saturated rings. The first-order valence-electron chi connectivity index (χ1n) is 12.6. The van der Waals surface area contributed by atoms with Crippen molar-refractivity contribution in [1.29, 1.82) is 0 Å². The Morgan fingerprint density at radius 2 is 1.64 bits per heavy atom. The van der Waals surface area contributed by atoms with E-state index in [1.165, 1.54) is 13.3 Å². The molecule has 0 aliphatic heterocycles. The maximum Gasteiger partial charge on any atom is 0.343 e. The molecule has 4 rings (SSSR count). The Morgan fingerprint density at radius 1 is 0.897 bits per heavy atom. The molecule has 4 aromatic carbocycles. The lowest BCUT2D eigenvalue weighted by molar-refractivity contribution is -0.127. The van der Waals surface area contributed by atoms with Crippen molar-refractivity contribution in [2.24, 2.45) is 5.10 Å². The second-order valence-corrected chi connectivity index (χ2v) is 8.68. The molecular formula is C31H30N2O6. The zero-order chi connectivity index (χ0) is 27.6. The molecule has 200 valence electrons. The molecule has 0 bridgehead atoms. The minimum Gasteiger partial charge on any atom is -0.494 e. The molecule has 1 amide bonds. The molecule has 0 radical (unpaired) electrons. The second-order valence-electron chi connectivity index (χ2n) is 8.68. The number of ether oxygens (including phenoxy) is 4. The lowest BCUT2D eigenvalue weighted by Crippen LogP contribution is -2.33. The van der Waals surface area contributed by atoms with Crippen LogP contribution in [-0.2, 0) is 4.79 Å². The number of hydrazone groups is 1. The van der Waals surface area contributed by atoms with Crippen LogP contribution in [0.4, 0.5) is 0 Å². The van der Waals surface area contributed by atoms with Crippen molar-refractivity contribution < 1.29 is 28.5 Å². The van der Waals surface area contributed by atoms with Crippen LogP contribution in [-0.4, -0.2) is 37.9 Å². The molecular weight excluding hydrogens is 496 g/mol. The number of esters is 1. The van der Waals surface area contributed by atoms with Crippen molar-refractivity contribution in [2.75, 3.05) is 13.7 Å². The molecule has 0 saturated heterocycles. The topological polar surface area (TPSA) is 95.5 Å². The molecule has 0 spiro atoms. The molecule has 1 unspecified atom stereocenters.